The van der Waals surface area contributed by atoms with E-state index in [1.807, 2.05) is 0 Å². The minimum atomic E-state index is -0.342. The zero-order valence-electron chi connectivity index (χ0n) is 16.3. The molecule has 2 N–H and O–H groups in total. The molecule has 9 nitrogen and oxygen atoms in total. The van der Waals surface area contributed by atoms with Crippen molar-refractivity contribution >= 4 is 50.6 Å². The van der Waals surface area contributed by atoms with E-state index in [1.165, 1.54) is 11.3 Å². The van der Waals surface area contributed by atoms with E-state index in [1.54, 1.807) is 61.7 Å². The van der Waals surface area contributed by atoms with Gasteiger partial charge in [0.05, 0.1) is 20.2 Å². The van der Waals surface area contributed by atoms with E-state index in [0.717, 1.165) is 4.47 Å². The fraction of sp³-hybridized carbons (Fsp3) is 0.211. The van der Waals surface area contributed by atoms with Crippen molar-refractivity contribution in [2.75, 3.05) is 31.3 Å². The number of ether oxygens (including phenoxy) is 1. The van der Waals surface area contributed by atoms with E-state index in [-0.39, 0.29) is 23.4 Å². The number of pyridine rings is 1. The number of anilines is 2. The zero-order valence-corrected chi connectivity index (χ0v) is 18.7. The predicted octanol–water partition coefficient (Wildman–Crippen LogP) is 3.03. The Kier molecular flexibility index (Phi) is 7.44. The maximum absolute atomic E-state index is 12.4. The fourth-order valence-corrected chi connectivity index (χ4v) is 3.48. The molecule has 0 spiro atoms. The van der Waals surface area contributed by atoms with E-state index in [0.29, 0.717) is 28.8 Å². The second-order valence-electron chi connectivity index (χ2n) is 6.27. The molecule has 30 heavy (non-hydrogen) atoms. The second-order valence-corrected chi connectivity index (χ2v) is 8.24. The van der Waals surface area contributed by atoms with Crippen molar-refractivity contribution in [3.63, 3.8) is 0 Å². The van der Waals surface area contributed by atoms with Gasteiger partial charge in [-0.05, 0) is 59.4 Å². The molecule has 0 unspecified atom stereocenters. The number of amides is 2. The second kappa shape index (κ2) is 10.2. The molecular weight excluding hydrogens is 472 g/mol. The number of carbonyl (C=O) groups is 2. The predicted molar refractivity (Wildman–Crippen MR) is 118 cm³/mol. The monoisotopic (exact) mass is 490 g/mol. The first-order valence-electron chi connectivity index (χ1n) is 8.80. The number of nitrogens with one attached hydrogen (secondary N) is 2. The minimum absolute atomic E-state index is 0.144. The lowest BCUT2D eigenvalue weighted by Gasteiger charge is -2.14. The maximum Gasteiger partial charge on any atom is 0.286 e. The number of benzene rings is 1. The van der Waals surface area contributed by atoms with Crippen LogP contribution in [0, 0.1) is 0 Å². The molecule has 0 aliphatic rings. The van der Waals surface area contributed by atoms with Gasteiger partial charge in [-0.15, -0.1) is 10.2 Å². The number of halogens is 1. The number of rotatable bonds is 8. The van der Waals surface area contributed by atoms with Gasteiger partial charge in [-0.2, -0.15) is 0 Å². The van der Waals surface area contributed by atoms with Crippen LogP contribution in [0.4, 0.5) is 11.5 Å². The first-order valence-corrected chi connectivity index (χ1v) is 10.4. The summed E-state index contributed by atoms with van der Waals surface area (Å²) in [5, 5.41) is 14.4. The molecule has 11 heteroatoms. The molecule has 0 atom stereocenters. The van der Waals surface area contributed by atoms with Crippen molar-refractivity contribution in [2.24, 2.45) is 0 Å². The van der Waals surface area contributed by atoms with Gasteiger partial charge in [-0.1, -0.05) is 11.3 Å². The summed E-state index contributed by atoms with van der Waals surface area (Å²) in [5.74, 6) is 0.638. The maximum atomic E-state index is 12.4. The SMILES string of the molecule is COc1ccc(NC(=O)c2nnc(CN(C)CC(=O)Nc3ccc(Br)cn3)s2)cc1. The Morgan fingerprint density at radius 3 is 2.57 bits per heavy atom. The van der Waals surface area contributed by atoms with Crippen LogP contribution in [0.5, 0.6) is 5.75 Å². The number of hydrogen-bond acceptors (Lipinski definition) is 8. The third-order valence-electron chi connectivity index (χ3n) is 3.82. The lowest BCUT2D eigenvalue weighted by Crippen LogP contribution is -2.30. The van der Waals surface area contributed by atoms with Crippen LogP contribution in [-0.2, 0) is 11.3 Å². The smallest absolute Gasteiger partial charge is 0.286 e. The van der Waals surface area contributed by atoms with Crippen molar-refractivity contribution in [2.45, 2.75) is 6.54 Å². The number of carbonyl (C=O) groups excluding carboxylic acids is 2. The highest BCUT2D eigenvalue weighted by atomic mass is 79.9. The van der Waals surface area contributed by atoms with E-state index < -0.39 is 0 Å². The van der Waals surface area contributed by atoms with Crippen molar-refractivity contribution in [1.82, 2.24) is 20.1 Å². The number of likely N-dealkylation sites (N-methyl/N-ethyl adjacent to an activating group) is 1. The van der Waals surface area contributed by atoms with Gasteiger partial charge >= 0.3 is 0 Å². The van der Waals surface area contributed by atoms with Gasteiger partial charge in [0.1, 0.15) is 16.6 Å². The summed E-state index contributed by atoms with van der Waals surface area (Å²) in [6.07, 6.45) is 1.61. The summed E-state index contributed by atoms with van der Waals surface area (Å²) in [7, 11) is 3.36. The molecule has 156 valence electrons. The van der Waals surface area contributed by atoms with Crippen molar-refractivity contribution in [1.29, 1.82) is 0 Å². The van der Waals surface area contributed by atoms with Gasteiger partial charge < -0.3 is 15.4 Å². The van der Waals surface area contributed by atoms with Crippen molar-refractivity contribution in [3.05, 3.63) is 57.1 Å². The average Bonchev–Trinajstić information content (AvgIpc) is 3.18. The lowest BCUT2D eigenvalue weighted by molar-refractivity contribution is -0.117. The first-order chi connectivity index (χ1) is 14.4. The van der Waals surface area contributed by atoms with E-state index in [2.05, 4.69) is 41.7 Å². The molecule has 0 radical (unpaired) electrons. The Labute approximate surface area is 185 Å². The summed E-state index contributed by atoms with van der Waals surface area (Å²) in [6.45, 7) is 0.527. The molecule has 2 aromatic heterocycles. The average molecular weight is 491 g/mol. The van der Waals surface area contributed by atoms with Crippen molar-refractivity contribution in [3.8, 4) is 5.75 Å². The van der Waals surface area contributed by atoms with Gasteiger partial charge in [-0.3, -0.25) is 14.5 Å². The van der Waals surface area contributed by atoms with Crippen LogP contribution in [0.2, 0.25) is 0 Å². The van der Waals surface area contributed by atoms with Gasteiger partial charge in [0.15, 0.2) is 0 Å². The van der Waals surface area contributed by atoms with Gasteiger partial charge in [-0.25, -0.2) is 4.98 Å². The summed E-state index contributed by atoms with van der Waals surface area (Å²) in [6, 6.07) is 10.5. The molecule has 3 rings (SSSR count). The van der Waals surface area contributed by atoms with Crippen LogP contribution in [0.1, 0.15) is 14.8 Å². The van der Waals surface area contributed by atoms with Gasteiger partial charge in [0.2, 0.25) is 10.9 Å². The Hall–Kier alpha value is -2.89. The number of hydrogen-bond donors (Lipinski definition) is 2. The van der Waals surface area contributed by atoms with Gasteiger partial charge in [0.25, 0.3) is 5.91 Å². The largest absolute Gasteiger partial charge is 0.497 e. The molecule has 0 saturated heterocycles. The van der Waals surface area contributed by atoms with Crippen LogP contribution in [0.15, 0.2) is 47.1 Å². The molecule has 0 saturated carbocycles. The normalized spacial score (nSPS) is 10.7. The Balaban J connectivity index is 1.50. The highest BCUT2D eigenvalue weighted by Gasteiger charge is 2.15. The standard InChI is InChI=1S/C19H19BrN6O3S/c1-26(10-16(27)23-15-8-3-12(20)9-21-15)11-17-24-25-19(30-17)18(28)22-13-4-6-14(29-2)7-5-13/h3-9H,10-11H2,1-2H3,(H,22,28)(H,21,23,27). The highest BCUT2D eigenvalue weighted by molar-refractivity contribution is 9.10. The lowest BCUT2D eigenvalue weighted by atomic mass is 10.3. The van der Waals surface area contributed by atoms with Crippen LogP contribution in [0.25, 0.3) is 0 Å². The van der Waals surface area contributed by atoms with Crippen LogP contribution < -0.4 is 15.4 Å². The van der Waals surface area contributed by atoms with E-state index in [4.69, 9.17) is 4.74 Å². The molecule has 3 aromatic rings. The molecule has 1 aromatic carbocycles. The van der Waals surface area contributed by atoms with Crippen LogP contribution in [-0.4, -0.2) is 52.6 Å². The molecular formula is C19H19BrN6O3S. The topological polar surface area (TPSA) is 109 Å². The van der Waals surface area contributed by atoms with Crippen molar-refractivity contribution < 1.29 is 14.3 Å². The molecule has 2 amide bonds. The molecule has 0 aliphatic heterocycles. The van der Waals surface area contributed by atoms with Crippen LogP contribution in [0.3, 0.4) is 0 Å². The number of aromatic nitrogens is 3. The van der Waals surface area contributed by atoms with E-state index >= 15 is 0 Å². The summed E-state index contributed by atoms with van der Waals surface area (Å²) in [4.78, 5) is 30.4. The fourth-order valence-electron chi connectivity index (χ4n) is 2.43. The minimum Gasteiger partial charge on any atom is -0.497 e. The third kappa shape index (κ3) is 6.31. The first kappa shape index (κ1) is 21.8. The van der Waals surface area contributed by atoms with E-state index in [9.17, 15) is 9.59 Å². The van der Waals surface area contributed by atoms with Crippen LogP contribution >= 0.6 is 27.3 Å². The Morgan fingerprint density at radius 1 is 1.13 bits per heavy atom. The molecule has 2 heterocycles. The Morgan fingerprint density at radius 2 is 1.90 bits per heavy atom. The summed E-state index contributed by atoms with van der Waals surface area (Å²) >= 11 is 4.48. The zero-order chi connectivity index (χ0) is 21.5. The highest BCUT2D eigenvalue weighted by Crippen LogP contribution is 2.18. The van der Waals surface area contributed by atoms with Gasteiger partial charge in [0, 0.05) is 16.4 Å². The third-order valence-corrected chi connectivity index (χ3v) is 5.20. The Bertz CT molecular complexity index is 1010. The number of methoxy groups -OCH3 is 1. The quantitative estimate of drug-likeness (QED) is 0.499. The summed E-state index contributed by atoms with van der Waals surface area (Å²) in [5.41, 5.74) is 0.632. The molecule has 0 aliphatic carbocycles. The molecule has 0 fully saturated rings. The summed E-state index contributed by atoms with van der Waals surface area (Å²) < 4.78 is 5.93. The molecule has 0 bridgehead atoms. The number of nitrogens with zero attached hydrogens (tertiary/aromatic N) is 4.